The maximum Gasteiger partial charge on any atom is 1.00 e. The summed E-state index contributed by atoms with van der Waals surface area (Å²) in [4.78, 5) is 0. The summed E-state index contributed by atoms with van der Waals surface area (Å²) in [5.74, 6) is 1.28. The van der Waals surface area contributed by atoms with Crippen LogP contribution in [0.15, 0.2) is 0 Å². The molecule has 0 aliphatic carbocycles. The summed E-state index contributed by atoms with van der Waals surface area (Å²) in [6, 6.07) is 0. The van der Waals surface area contributed by atoms with Crippen LogP contribution in [0.1, 0.15) is 254 Å². The van der Waals surface area contributed by atoms with E-state index in [9.17, 15) is 0 Å². The van der Waals surface area contributed by atoms with Crippen LogP contribution in [0.4, 0.5) is 0 Å². The van der Waals surface area contributed by atoms with Crippen LogP contribution in [0.25, 0.3) is 0 Å². The summed E-state index contributed by atoms with van der Waals surface area (Å²) in [5.41, 5.74) is 0. The van der Waals surface area contributed by atoms with Gasteiger partial charge in [0.15, 0.2) is 0 Å². The van der Waals surface area contributed by atoms with E-state index in [1.165, 1.54) is 193 Å². The predicted octanol–water partition coefficient (Wildman–Crippen LogP) is 10.2. The fourth-order valence-electron chi connectivity index (χ4n) is 6.82. The standard InChI is InChI=1S/C14H30O2.C12H26O2.C12H26O.C10H22O.C4H10O3.CH4.K.H2O/c1-2-3-4-5-6-7-8-9-10-11-13-16-14-12-15;1-3-5-6-8-12(7-4-2)11-14-10-9-13;1-2-3-4-5-6-7-8-9-10-11-12-13;1-3-5-6-8-10(9-11)7-4-2;5-1-3-7-4-2-6;;;/h15H,2-14H2,1H3;12-13H,3-11H2,1-2H3;13H,2-12H2,1H3;10-11H,3-9H2,1-2H3;5-6H,1-4H2;1H4;;1H2/q;;;;;;+1;/p-1. The maximum absolute atomic E-state index is 8.96. The topological polar surface area (TPSA) is 179 Å². The van der Waals surface area contributed by atoms with Gasteiger partial charge in [-0.25, -0.2) is 0 Å². The van der Waals surface area contributed by atoms with Gasteiger partial charge in [-0.05, 0) is 50.4 Å². The number of hydrogen-bond acceptors (Lipinski definition) is 10. The van der Waals surface area contributed by atoms with Crippen molar-refractivity contribution in [2.24, 2.45) is 11.8 Å². The summed E-state index contributed by atoms with van der Waals surface area (Å²) in [6.45, 7) is 17.8. The van der Waals surface area contributed by atoms with Gasteiger partial charge in [-0.1, -0.05) is 216 Å². The van der Waals surface area contributed by atoms with Crippen LogP contribution in [0, 0.1) is 11.8 Å². The van der Waals surface area contributed by atoms with Gasteiger partial charge in [-0.3, -0.25) is 0 Å². The molecule has 0 heterocycles. The molecular weight excluding hydrogens is 836 g/mol. The van der Waals surface area contributed by atoms with Gasteiger partial charge in [0, 0.05) is 26.4 Å². The molecule has 2 atom stereocenters. The molecule has 0 saturated heterocycles. The minimum absolute atomic E-state index is 0. The summed E-state index contributed by atoms with van der Waals surface area (Å²) in [7, 11) is 0. The number of aliphatic hydroxyl groups is 6. The van der Waals surface area contributed by atoms with Crippen LogP contribution in [-0.4, -0.2) is 115 Å². The molecule has 392 valence electrons. The van der Waals surface area contributed by atoms with E-state index in [4.69, 9.17) is 40.1 Å². The van der Waals surface area contributed by atoms with Crippen molar-refractivity contribution < 1.29 is 102 Å². The second-order valence-corrected chi connectivity index (χ2v) is 16.8. The van der Waals surface area contributed by atoms with E-state index in [1.54, 1.807) is 0 Å². The van der Waals surface area contributed by atoms with Gasteiger partial charge in [0.2, 0.25) is 0 Å². The van der Waals surface area contributed by atoms with E-state index in [-0.39, 0.29) is 90.7 Å². The van der Waals surface area contributed by atoms with E-state index in [2.05, 4.69) is 46.3 Å². The molecule has 2 unspecified atom stereocenters. The zero-order valence-corrected chi connectivity index (χ0v) is 46.7. The Labute approximate surface area is 443 Å². The average molecular weight is 956 g/mol. The van der Waals surface area contributed by atoms with Crippen molar-refractivity contribution >= 4 is 0 Å². The van der Waals surface area contributed by atoms with E-state index < -0.39 is 0 Å². The van der Waals surface area contributed by atoms with Gasteiger partial charge in [-0.15, -0.1) is 0 Å². The first kappa shape index (κ1) is 82.2. The molecule has 0 bridgehead atoms. The van der Waals surface area contributed by atoms with Crippen LogP contribution < -0.4 is 51.4 Å². The molecule has 0 aromatic heterocycles. The van der Waals surface area contributed by atoms with Gasteiger partial charge in [-0.2, -0.15) is 0 Å². The third kappa shape index (κ3) is 93.3. The molecule has 10 nitrogen and oxygen atoms in total. The van der Waals surface area contributed by atoms with E-state index in [0.29, 0.717) is 51.5 Å². The van der Waals surface area contributed by atoms with Crippen molar-refractivity contribution in [1.29, 1.82) is 0 Å². The molecule has 0 aliphatic rings. The molecule has 64 heavy (non-hydrogen) atoms. The second kappa shape index (κ2) is 87.3. The minimum atomic E-state index is 0. The zero-order chi connectivity index (χ0) is 46.4. The van der Waals surface area contributed by atoms with Crippen LogP contribution in [-0.2, 0) is 14.2 Å². The zero-order valence-electron chi connectivity index (χ0n) is 43.6. The Kier molecular flexibility index (Phi) is 112. The molecule has 0 spiro atoms. The first-order valence-corrected chi connectivity index (χ1v) is 26.3. The number of unbranched alkanes of at least 4 members (excludes halogenated alkanes) is 22. The van der Waals surface area contributed by atoms with Crippen molar-refractivity contribution in [3.63, 3.8) is 0 Å². The third-order valence-electron chi connectivity index (χ3n) is 10.5. The molecule has 0 aliphatic heterocycles. The molecule has 0 fully saturated rings. The molecule has 0 aromatic rings. The fraction of sp³-hybridized carbons (Fsp3) is 1.00. The van der Waals surface area contributed by atoms with Gasteiger partial charge >= 0.3 is 51.4 Å². The number of hydrogen-bond donors (Lipinski definition) is 6. The summed E-state index contributed by atoms with van der Waals surface area (Å²) in [5, 5.41) is 50.8. The van der Waals surface area contributed by atoms with Crippen molar-refractivity contribution in [3.8, 4) is 0 Å². The Morgan fingerprint density at radius 2 is 0.594 bits per heavy atom. The van der Waals surface area contributed by atoms with Crippen LogP contribution in [0.2, 0.25) is 0 Å². The minimum Gasteiger partial charge on any atom is -0.870 e. The van der Waals surface area contributed by atoms with Crippen molar-refractivity contribution in [3.05, 3.63) is 0 Å². The monoisotopic (exact) mass is 955 g/mol. The van der Waals surface area contributed by atoms with E-state index in [0.717, 1.165) is 26.1 Å². The summed E-state index contributed by atoms with van der Waals surface area (Å²) >= 11 is 0. The van der Waals surface area contributed by atoms with E-state index >= 15 is 0 Å². The first-order valence-electron chi connectivity index (χ1n) is 26.3. The fourth-order valence-corrected chi connectivity index (χ4v) is 6.82. The molecule has 11 heteroatoms. The maximum atomic E-state index is 8.96. The largest absolute Gasteiger partial charge is 1.00 e. The molecule has 0 rings (SSSR count). The molecule has 0 saturated carbocycles. The quantitative estimate of drug-likeness (QED) is 0.0254. The number of aliphatic hydroxyl groups excluding tert-OH is 6. The first-order chi connectivity index (χ1) is 29.9. The summed E-state index contributed by atoms with van der Waals surface area (Å²) < 4.78 is 15.2. The Hall–Kier alpha value is 1.24. The van der Waals surface area contributed by atoms with Crippen LogP contribution in [0.3, 0.4) is 0 Å². The van der Waals surface area contributed by atoms with Crippen molar-refractivity contribution in [1.82, 2.24) is 0 Å². The Balaban J connectivity index is -0.000000103. The van der Waals surface area contributed by atoms with Crippen molar-refractivity contribution in [2.45, 2.75) is 254 Å². The van der Waals surface area contributed by atoms with Gasteiger partial charge in [0.25, 0.3) is 0 Å². The van der Waals surface area contributed by atoms with Gasteiger partial charge < -0.3 is 50.3 Å². The Morgan fingerprint density at radius 3 is 0.938 bits per heavy atom. The molecule has 0 amide bonds. The molecule has 7 N–H and O–H groups in total. The Morgan fingerprint density at radius 1 is 0.297 bits per heavy atom. The second-order valence-electron chi connectivity index (χ2n) is 16.8. The number of ether oxygens (including phenoxy) is 3. The van der Waals surface area contributed by atoms with Crippen LogP contribution >= 0.6 is 0 Å². The normalized spacial score (nSPS) is 11.1. The molecular formula is C53H119KO10. The van der Waals surface area contributed by atoms with Crippen molar-refractivity contribution in [2.75, 3.05) is 79.3 Å². The smallest absolute Gasteiger partial charge is 0.870 e. The van der Waals surface area contributed by atoms with Gasteiger partial charge in [0.05, 0.1) is 52.9 Å². The third-order valence-corrected chi connectivity index (χ3v) is 10.5. The van der Waals surface area contributed by atoms with Gasteiger partial charge in [0.1, 0.15) is 0 Å². The molecule has 0 radical (unpaired) electrons. The Bertz CT molecular complexity index is 616. The summed E-state index contributed by atoms with van der Waals surface area (Å²) in [6.07, 6.45) is 42.1. The SMILES string of the molecule is C.CCCCCC(CCC)COCCO.CCCCCC(CO)CCC.CCCCCCCCCCCCO.CCCCCCCCCCCCOCCO.OCCOCCO.[K+].[OH-]. The van der Waals surface area contributed by atoms with Crippen LogP contribution in [0.5, 0.6) is 0 Å². The number of rotatable bonds is 44. The van der Waals surface area contributed by atoms with E-state index in [1.807, 2.05) is 0 Å². The average Bonchev–Trinajstić information content (AvgIpc) is 3.27. The predicted molar refractivity (Wildman–Crippen MR) is 272 cm³/mol. The molecule has 0 aromatic carbocycles.